The van der Waals surface area contributed by atoms with Crippen LogP contribution in [0.25, 0.3) is 11.1 Å². The van der Waals surface area contributed by atoms with Crippen LogP contribution < -0.4 is 10.1 Å². The van der Waals surface area contributed by atoms with Crippen molar-refractivity contribution >= 4 is 21.7 Å². The average molecular weight is 506 g/mol. The molecule has 3 aromatic rings. The van der Waals surface area contributed by atoms with Gasteiger partial charge >= 0.3 is 0 Å². The van der Waals surface area contributed by atoms with Crippen LogP contribution in [0.3, 0.4) is 0 Å². The van der Waals surface area contributed by atoms with Crippen LogP contribution >= 0.6 is 15.9 Å². The highest BCUT2D eigenvalue weighted by Crippen LogP contribution is 2.42. The number of benzene rings is 2. The van der Waals surface area contributed by atoms with Gasteiger partial charge in [-0.1, -0.05) is 34.1 Å². The second-order valence-corrected chi connectivity index (χ2v) is 10.1. The summed E-state index contributed by atoms with van der Waals surface area (Å²) in [5, 5.41) is 3.71. The fourth-order valence-electron chi connectivity index (χ4n) is 5.14. The normalized spacial score (nSPS) is 14.8. The number of fused-ring (bicyclic) bond motifs is 3. The van der Waals surface area contributed by atoms with Crippen LogP contribution in [-0.4, -0.2) is 43.2 Å². The van der Waals surface area contributed by atoms with Gasteiger partial charge in [-0.05, 0) is 104 Å². The molecule has 2 heterocycles. The van der Waals surface area contributed by atoms with Crippen LogP contribution in [0.5, 0.6) is 5.75 Å². The van der Waals surface area contributed by atoms with Crippen molar-refractivity contribution in [3.05, 3.63) is 75.4 Å². The van der Waals surface area contributed by atoms with Crippen molar-refractivity contribution in [1.29, 1.82) is 0 Å². The van der Waals surface area contributed by atoms with Gasteiger partial charge in [0.15, 0.2) is 0 Å². The highest BCUT2D eigenvalue weighted by atomic mass is 79.9. The molecule has 0 atom stereocenters. The zero-order valence-corrected chi connectivity index (χ0v) is 21.0. The summed E-state index contributed by atoms with van der Waals surface area (Å²) in [6.07, 6.45) is 6.89. The van der Waals surface area contributed by atoms with Crippen LogP contribution in [0.15, 0.2) is 53.0 Å². The molecule has 0 amide bonds. The Morgan fingerprint density at radius 2 is 1.91 bits per heavy atom. The number of unbranched alkanes of at least 4 members (excludes halogenated alkanes) is 1. The number of rotatable bonds is 9. The molecule has 1 fully saturated rings. The monoisotopic (exact) mass is 505 g/mol. The number of methoxy groups -OCH3 is 1. The molecule has 33 heavy (non-hydrogen) atoms. The van der Waals surface area contributed by atoms with E-state index < -0.39 is 0 Å². The van der Waals surface area contributed by atoms with E-state index in [0.29, 0.717) is 0 Å². The Morgan fingerprint density at radius 1 is 1.03 bits per heavy atom. The average Bonchev–Trinajstić information content (AvgIpc) is 3.46. The van der Waals surface area contributed by atoms with Crippen molar-refractivity contribution < 1.29 is 4.74 Å². The van der Waals surface area contributed by atoms with E-state index in [-0.39, 0.29) is 0 Å². The Bertz CT molecular complexity index is 1120. The summed E-state index contributed by atoms with van der Waals surface area (Å²) in [7, 11) is 1.72. The van der Waals surface area contributed by atoms with E-state index in [4.69, 9.17) is 9.72 Å². The van der Waals surface area contributed by atoms with E-state index in [1.807, 2.05) is 6.07 Å². The maximum absolute atomic E-state index is 5.42. The molecule has 1 aliphatic heterocycles. The zero-order chi connectivity index (χ0) is 22.6. The molecule has 1 aromatic heterocycles. The first-order valence-electron chi connectivity index (χ1n) is 12.1. The lowest BCUT2D eigenvalue weighted by atomic mass is 10.0. The van der Waals surface area contributed by atoms with E-state index in [0.717, 1.165) is 41.1 Å². The molecule has 0 saturated carbocycles. The van der Waals surface area contributed by atoms with Crippen LogP contribution in [0.4, 0.5) is 5.82 Å². The first kappa shape index (κ1) is 22.4. The van der Waals surface area contributed by atoms with E-state index in [1.165, 1.54) is 73.1 Å². The Hall–Kier alpha value is -2.37. The molecule has 4 nitrogen and oxygen atoms in total. The minimum Gasteiger partial charge on any atom is -0.497 e. The third-order valence-electron chi connectivity index (χ3n) is 6.78. The van der Waals surface area contributed by atoms with Gasteiger partial charge in [-0.25, -0.2) is 4.98 Å². The van der Waals surface area contributed by atoms with Gasteiger partial charge in [0.25, 0.3) is 0 Å². The molecule has 0 bridgehead atoms. The van der Waals surface area contributed by atoms with Crippen molar-refractivity contribution in [1.82, 2.24) is 9.88 Å². The van der Waals surface area contributed by atoms with Crippen LogP contribution in [0.1, 0.15) is 48.1 Å². The van der Waals surface area contributed by atoms with Gasteiger partial charge in [-0.3, -0.25) is 0 Å². The smallest absolute Gasteiger partial charge is 0.134 e. The minimum atomic E-state index is 0.800. The molecule has 1 aliphatic carbocycles. The lowest BCUT2D eigenvalue weighted by Crippen LogP contribution is -2.21. The predicted octanol–water partition coefficient (Wildman–Crippen LogP) is 6.30. The van der Waals surface area contributed by atoms with Crippen LogP contribution in [-0.2, 0) is 12.8 Å². The molecule has 1 saturated heterocycles. The lowest BCUT2D eigenvalue weighted by Gasteiger charge is -2.16. The van der Waals surface area contributed by atoms with Crippen LogP contribution in [0.2, 0.25) is 0 Å². The fourth-order valence-corrected chi connectivity index (χ4v) is 5.55. The summed E-state index contributed by atoms with van der Waals surface area (Å²) in [4.78, 5) is 7.71. The maximum Gasteiger partial charge on any atom is 0.134 e. The van der Waals surface area contributed by atoms with Gasteiger partial charge in [-0.15, -0.1) is 0 Å². The molecule has 0 spiro atoms. The molecule has 5 rings (SSSR count). The Kier molecular flexibility index (Phi) is 6.98. The predicted molar refractivity (Wildman–Crippen MR) is 139 cm³/mol. The van der Waals surface area contributed by atoms with Gasteiger partial charge in [0.2, 0.25) is 0 Å². The van der Waals surface area contributed by atoms with Gasteiger partial charge in [0, 0.05) is 28.7 Å². The van der Waals surface area contributed by atoms with Crippen LogP contribution in [0, 0.1) is 0 Å². The molecular formula is C28H32BrN3O. The van der Waals surface area contributed by atoms with Gasteiger partial charge in [-0.2, -0.15) is 0 Å². The Morgan fingerprint density at radius 3 is 2.76 bits per heavy atom. The summed E-state index contributed by atoms with van der Waals surface area (Å²) in [5.41, 5.74) is 7.66. The third kappa shape index (κ3) is 5.25. The summed E-state index contributed by atoms with van der Waals surface area (Å²) in [6.45, 7) is 4.74. The van der Waals surface area contributed by atoms with Gasteiger partial charge < -0.3 is 15.0 Å². The number of anilines is 1. The van der Waals surface area contributed by atoms with Crippen molar-refractivity contribution in [2.75, 3.05) is 38.6 Å². The van der Waals surface area contributed by atoms with Crippen molar-refractivity contribution in [3.63, 3.8) is 0 Å². The molecule has 2 aliphatic rings. The summed E-state index contributed by atoms with van der Waals surface area (Å²) >= 11 is 3.64. The van der Waals surface area contributed by atoms with E-state index >= 15 is 0 Å². The summed E-state index contributed by atoms with van der Waals surface area (Å²) < 4.78 is 6.55. The number of likely N-dealkylation sites (tertiary alicyclic amines) is 1. The van der Waals surface area contributed by atoms with E-state index in [2.05, 4.69) is 68.6 Å². The number of halogens is 1. The lowest BCUT2D eigenvalue weighted by molar-refractivity contribution is 0.331. The number of aromatic nitrogens is 1. The molecule has 2 aromatic carbocycles. The van der Waals surface area contributed by atoms with Gasteiger partial charge in [0.1, 0.15) is 11.6 Å². The number of pyridine rings is 1. The Balaban J connectivity index is 1.35. The second kappa shape index (κ2) is 10.3. The van der Waals surface area contributed by atoms with E-state index in [9.17, 15) is 0 Å². The SMILES string of the molecule is COc1cccc(Cc2cc3c(c(NCCCCN4CCCC4)n2)-c2ccc(Br)cc2C3)c1. The highest BCUT2D eigenvalue weighted by Gasteiger charge is 2.24. The van der Waals surface area contributed by atoms with Crippen molar-refractivity contribution in [2.45, 2.75) is 38.5 Å². The summed E-state index contributed by atoms with van der Waals surface area (Å²) in [5.74, 6) is 1.93. The van der Waals surface area contributed by atoms with Crippen molar-refractivity contribution in [3.8, 4) is 16.9 Å². The third-order valence-corrected chi connectivity index (χ3v) is 7.28. The largest absolute Gasteiger partial charge is 0.497 e. The quantitative estimate of drug-likeness (QED) is 0.270. The first-order valence-corrected chi connectivity index (χ1v) is 12.9. The minimum absolute atomic E-state index is 0.800. The van der Waals surface area contributed by atoms with E-state index in [1.54, 1.807) is 7.11 Å². The number of nitrogens with one attached hydrogen (secondary N) is 1. The molecule has 0 radical (unpaired) electrons. The number of hydrogen-bond donors (Lipinski definition) is 1. The molecule has 1 N–H and O–H groups in total. The fraction of sp³-hybridized carbons (Fsp3) is 0.393. The molecule has 5 heteroatoms. The number of nitrogens with zero attached hydrogens (tertiary/aromatic N) is 2. The second-order valence-electron chi connectivity index (χ2n) is 9.19. The topological polar surface area (TPSA) is 37.4 Å². The first-order chi connectivity index (χ1) is 16.2. The Labute approximate surface area is 205 Å². The van der Waals surface area contributed by atoms with Crippen molar-refractivity contribution in [2.24, 2.45) is 0 Å². The molecule has 0 unspecified atom stereocenters. The highest BCUT2D eigenvalue weighted by molar-refractivity contribution is 9.10. The zero-order valence-electron chi connectivity index (χ0n) is 19.4. The number of ether oxygens (including phenoxy) is 1. The van der Waals surface area contributed by atoms with Gasteiger partial charge in [0.05, 0.1) is 7.11 Å². The number of hydrogen-bond acceptors (Lipinski definition) is 4. The standard InChI is InChI=1S/C28H32BrN3O/c1-33-25-8-6-7-20(16-25)15-24-19-22-17-21-18-23(29)9-10-26(21)27(22)28(31-24)30-11-2-3-12-32-13-4-5-14-32/h6-10,16,18-19H,2-5,11-15,17H2,1H3,(H,30,31). The maximum atomic E-state index is 5.42. The molecule has 172 valence electrons. The summed E-state index contributed by atoms with van der Waals surface area (Å²) in [6, 6.07) is 17.2. The molecular weight excluding hydrogens is 474 g/mol.